The molecule has 1 N–H and O–H groups in total. The van der Waals surface area contributed by atoms with Crippen LogP contribution in [0.3, 0.4) is 0 Å². The molecular formula is C22H25NO6. The molecule has 1 aromatic heterocycles. The molecule has 0 amide bonds. The zero-order chi connectivity index (χ0) is 21.6. The van der Waals surface area contributed by atoms with Gasteiger partial charge in [0, 0.05) is 17.7 Å². The van der Waals surface area contributed by atoms with Crippen LogP contribution in [0.1, 0.15) is 67.8 Å². The average Bonchev–Trinajstić information content (AvgIpc) is 2.99. The monoisotopic (exact) mass is 399 g/mol. The molecule has 0 atom stereocenters. The summed E-state index contributed by atoms with van der Waals surface area (Å²) in [7, 11) is 0. The van der Waals surface area contributed by atoms with Crippen LogP contribution in [0.5, 0.6) is 0 Å². The van der Waals surface area contributed by atoms with E-state index in [4.69, 9.17) is 9.47 Å². The maximum atomic E-state index is 12.4. The summed E-state index contributed by atoms with van der Waals surface area (Å²) in [6.07, 6.45) is -0.111. The molecule has 0 bridgehead atoms. The standard InChI is InChI=1S/C22H25NO6/c1-5-28-22(27)20-14(3)21(23-15(20)4)18(25)12-29-19(26)11-10-17(24)16-8-6-13(2)7-9-16/h6-9,23H,5,10-12H2,1-4H3. The van der Waals surface area contributed by atoms with E-state index in [1.807, 2.05) is 19.1 Å². The summed E-state index contributed by atoms with van der Waals surface area (Å²) < 4.78 is 9.99. The number of carbonyl (C=O) groups is 4. The number of aryl methyl sites for hydroxylation is 2. The van der Waals surface area contributed by atoms with E-state index in [9.17, 15) is 19.2 Å². The smallest absolute Gasteiger partial charge is 0.340 e. The first-order valence-electron chi connectivity index (χ1n) is 9.39. The Balaban J connectivity index is 1.89. The Morgan fingerprint density at radius 2 is 1.55 bits per heavy atom. The van der Waals surface area contributed by atoms with Crippen LogP contribution in [-0.4, -0.2) is 41.7 Å². The lowest BCUT2D eigenvalue weighted by molar-refractivity contribution is -0.142. The second-order valence-corrected chi connectivity index (χ2v) is 6.72. The van der Waals surface area contributed by atoms with Crippen LogP contribution in [0.2, 0.25) is 0 Å². The van der Waals surface area contributed by atoms with E-state index in [1.165, 1.54) is 0 Å². The molecular weight excluding hydrogens is 374 g/mol. The van der Waals surface area contributed by atoms with Gasteiger partial charge in [0.25, 0.3) is 0 Å². The summed E-state index contributed by atoms with van der Waals surface area (Å²) in [5.41, 5.74) is 3.05. The lowest BCUT2D eigenvalue weighted by atomic mass is 10.1. The van der Waals surface area contributed by atoms with Gasteiger partial charge in [-0.3, -0.25) is 14.4 Å². The second-order valence-electron chi connectivity index (χ2n) is 6.72. The van der Waals surface area contributed by atoms with Crippen molar-refractivity contribution in [1.29, 1.82) is 0 Å². The van der Waals surface area contributed by atoms with Gasteiger partial charge in [0.05, 0.1) is 24.3 Å². The Hall–Kier alpha value is -3.22. The fourth-order valence-electron chi connectivity index (χ4n) is 2.93. The molecule has 7 nitrogen and oxygen atoms in total. The summed E-state index contributed by atoms with van der Waals surface area (Å²) >= 11 is 0. The molecule has 2 aromatic rings. The number of ketones is 2. The molecule has 2 rings (SSSR count). The second kappa shape index (κ2) is 9.82. The number of hydrogen-bond donors (Lipinski definition) is 1. The van der Waals surface area contributed by atoms with Crippen LogP contribution in [0.4, 0.5) is 0 Å². The highest BCUT2D eigenvalue weighted by Gasteiger charge is 2.23. The van der Waals surface area contributed by atoms with Gasteiger partial charge in [0.1, 0.15) is 0 Å². The minimum absolute atomic E-state index is 0.00370. The number of Topliss-reactive ketones (excluding diaryl/α,β-unsaturated/α-hetero) is 2. The third-order valence-corrected chi connectivity index (χ3v) is 4.49. The quantitative estimate of drug-likeness (QED) is 0.511. The number of hydrogen-bond acceptors (Lipinski definition) is 6. The molecule has 0 unspecified atom stereocenters. The van der Waals surface area contributed by atoms with Crippen molar-refractivity contribution in [3.05, 3.63) is 57.9 Å². The number of esters is 2. The molecule has 0 radical (unpaired) electrons. The molecule has 0 spiro atoms. The van der Waals surface area contributed by atoms with Crippen LogP contribution in [0, 0.1) is 20.8 Å². The van der Waals surface area contributed by atoms with Crippen molar-refractivity contribution in [3.8, 4) is 0 Å². The van der Waals surface area contributed by atoms with Crippen molar-refractivity contribution < 1.29 is 28.7 Å². The third kappa shape index (κ3) is 5.63. The van der Waals surface area contributed by atoms with Gasteiger partial charge in [-0.1, -0.05) is 29.8 Å². The Bertz CT molecular complexity index is 924. The lowest BCUT2D eigenvalue weighted by Crippen LogP contribution is -2.16. The highest BCUT2D eigenvalue weighted by atomic mass is 16.5. The van der Waals surface area contributed by atoms with Gasteiger partial charge < -0.3 is 14.5 Å². The number of H-pyrrole nitrogens is 1. The zero-order valence-corrected chi connectivity index (χ0v) is 17.1. The van der Waals surface area contributed by atoms with Crippen LogP contribution in [0.15, 0.2) is 24.3 Å². The number of rotatable bonds is 9. The highest BCUT2D eigenvalue weighted by Crippen LogP contribution is 2.19. The molecule has 0 aliphatic heterocycles. The first-order chi connectivity index (χ1) is 13.7. The summed E-state index contributed by atoms with van der Waals surface area (Å²) in [6.45, 7) is 6.67. The minimum Gasteiger partial charge on any atom is -0.462 e. The Labute approximate surface area is 169 Å². The van der Waals surface area contributed by atoms with Gasteiger partial charge in [0.15, 0.2) is 12.4 Å². The van der Waals surface area contributed by atoms with Crippen molar-refractivity contribution in [2.24, 2.45) is 0 Å². The van der Waals surface area contributed by atoms with E-state index < -0.39 is 24.3 Å². The number of aromatic nitrogens is 1. The molecule has 1 aromatic carbocycles. The van der Waals surface area contributed by atoms with Crippen LogP contribution in [0.25, 0.3) is 0 Å². The number of carbonyl (C=O) groups excluding carboxylic acids is 4. The van der Waals surface area contributed by atoms with Gasteiger partial charge in [-0.2, -0.15) is 0 Å². The Morgan fingerprint density at radius 1 is 0.897 bits per heavy atom. The Morgan fingerprint density at radius 3 is 2.17 bits per heavy atom. The molecule has 0 fully saturated rings. The van der Waals surface area contributed by atoms with Gasteiger partial charge in [-0.25, -0.2) is 4.79 Å². The van der Waals surface area contributed by atoms with E-state index in [2.05, 4.69) is 4.98 Å². The third-order valence-electron chi connectivity index (χ3n) is 4.49. The van der Waals surface area contributed by atoms with Crippen molar-refractivity contribution >= 4 is 23.5 Å². The van der Waals surface area contributed by atoms with Gasteiger partial charge in [-0.15, -0.1) is 0 Å². The van der Waals surface area contributed by atoms with Gasteiger partial charge in [-0.05, 0) is 33.3 Å². The van der Waals surface area contributed by atoms with Crippen molar-refractivity contribution in [3.63, 3.8) is 0 Å². The SMILES string of the molecule is CCOC(=O)c1c(C)[nH]c(C(=O)COC(=O)CCC(=O)c2ccc(C)cc2)c1C. The molecule has 29 heavy (non-hydrogen) atoms. The number of benzene rings is 1. The first kappa shape index (κ1) is 22.1. The number of aromatic amines is 1. The fraction of sp³-hybridized carbons (Fsp3) is 0.364. The van der Waals surface area contributed by atoms with E-state index in [0.29, 0.717) is 22.4 Å². The lowest BCUT2D eigenvalue weighted by Gasteiger charge is -2.05. The first-order valence-corrected chi connectivity index (χ1v) is 9.39. The van der Waals surface area contributed by atoms with Crippen LogP contribution < -0.4 is 0 Å². The molecule has 154 valence electrons. The topological polar surface area (TPSA) is 103 Å². The number of nitrogens with one attached hydrogen (secondary N) is 1. The number of ether oxygens (including phenoxy) is 2. The summed E-state index contributed by atoms with van der Waals surface area (Å²) in [5.74, 6) is -1.77. The summed E-state index contributed by atoms with van der Waals surface area (Å²) in [6, 6.07) is 7.08. The van der Waals surface area contributed by atoms with Crippen molar-refractivity contribution in [2.75, 3.05) is 13.2 Å². The minimum atomic E-state index is -0.634. The van der Waals surface area contributed by atoms with Crippen molar-refractivity contribution in [1.82, 2.24) is 4.98 Å². The molecule has 0 aliphatic rings. The Kier molecular flexibility index (Phi) is 7.47. The molecule has 0 aliphatic carbocycles. The average molecular weight is 399 g/mol. The van der Waals surface area contributed by atoms with Crippen molar-refractivity contribution in [2.45, 2.75) is 40.5 Å². The van der Waals surface area contributed by atoms with Crippen LogP contribution in [-0.2, 0) is 14.3 Å². The molecule has 1 heterocycles. The predicted molar refractivity (Wildman–Crippen MR) is 106 cm³/mol. The van der Waals surface area contributed by atoms with E-state index in [-0.39, 0.29) is 30.9 Å². The van der Waals surface area contributed by atoms with Gasteiger partial charge >= 0.3 is 11.9 Å². The van der Waals surface area contributed by atoms with E-state index in [0.717, 1.165) is 5.56 Å². The van der Waals surface area contributed by atoms with Crippen LogP contribution >= 0.6 is 0 Å². The summed E-state index contributed by atoms with van der Waals surface area (Å²) in [4.78, 5) is 51.2. The predicted octanol–water partition coefficient (Wildman–Crippen LogP) is 3.51. The molecule has 0 saturated heterocycles. The fourth-order valence-corrected chi connectivity index (χ4v) is 2.93. The summed E-state index contributed by atoms with van der Waals surface area (Å²) in [5, 5.41) is 0. The maximum absolute atomic E-state index is 12.4. The van der Waals surface area contributed by atoms with E-state index >= 15 is 0 Å². The van der Waals surface area contributed by atoms with E-state index in [1.54, 1.807) is 32.9 Å². The molecule has 0 saturated carbocycles. The largest absolute Gasteiger partial charge is 0.462 e. The normalized spacial score (nSPS) is 10.5. The maximum Gasteiger partial charge on any atom is 0.340 e. The zero-order valence-electron chi connectivity index (χ0n) is 17.1. The highest BCUT2D eigenvalue weighted by molar-refractivity contribution is 6.02. The molecule has 7 heteroatoms. The van der Waals surface area contributed by atoms with Gasteiger partial charge in [0.2, 0.25) is 5.78 Å².